The number of hydrogen-bond acceptors (Lipinski definition) is 5. The third kappa shape index (κ3) is 4.53. The predicted octanol–water partition coefficient (Wildman–Crippen LogP) is 3.25. The molecule has 3 rings (SSSR count). The zero-order valence-corrected chi connectivity index (χ0v) is 13.8. The number of thiazole rings is 1. The molecule has 0 spiro atoms. The van der Waals surface area contributed by atoms with Gasteiger partial charge in [-0.2, -0.15) is 13.2 Å². The van der Waals surface area contributed by atoms with Gasteiger partial charge in [0.15, 0.2) is 23.2 Å². The summed E-state index contributed by atoms with van der Waals surface area (Å²) in [5.74, 6) is 1.32. The average molecular weight is 372 g/mol. The lowest BCUT2D eigenvalue weighted by molar-refractivity contribution is -0.140. The van der Waals surface area contributed by atoms with E-state index in [1.807, 2.05) is 0 Å². The standard InChI is InChI=1S/C15H15F3N4O2S/c16-15(17,18)12-8-25-13(22-12)7-20-14(19)21-9-2-3-10-11(6-9)24-5-1-4-23-10/h2-3,6,8H,1,4-5,7H2,(H3,19,20,21). The lowest BCUT2D eigenvalue weighted by Crippen LogP contribution is -2.22. The lowest BCUT2D eigenvalue weighted by atomic mass is 10.3. The monoisotopic (exact) mass is 372 g/mol. The second kappa shape index (κ2) is 7.18. The van der Waals surface area contributed by atoms with Crippen molar-refractivity contribution >= 4 is 23.0 Å². The van der Waals surface area contributed by atoms with Crippen molar-refractivity contribution in [3.05, 3.63) is 34.3 Å². The summed E-state index contributed by atoms with van der Waals surface area (Å²) in [6.07, 6.45) is -3.65. The molecule has 0 saturated heterocycles. The van der Waals surface area contributed by atoms with Gasteiger partial charge in [-0.15, -0.1) is 11.3 Å². The normalized spacial score (nSPS) is 14.9. The molecule has 0 amide bonds. The van der Waals surface area contributed by atoms with Gasteiger partial charge >= 0.3 is 6.18 Å². The first-order valence-electron chi connectivity index (χ1n) is 7.40. The molecule has 0 fully saturated rings. The maximum absolute atomic E-state index is 12.5. The zero-order chi connectivity index (χ0) is 17.9. The largest absolute Gasteiger partial charge is 0.490 e. The highest BCUT2D eigenvalue weighted by Crippen LogP contribution is 2.32. The second-order valence-corrected chi connectivity index (χ2v) is 6.11. The average Bonchev–Trinajstić information content (AvgIpc) is 2.92. The molecule has 2 aromatic rings. The first-order valence-corrected chi connectivity index (χ1v) is 8.28. The maximum Gasteiger partial charge on any atom is 0.434 e. The van der Waals surface area contributed by atoms with Crippen LogP contribution in [0.5, 0.6) is 11.5 Å². The van der Waals surface area contributed by atoms with Crippen LogP contribution in [-0.2, 0) is 12.7 Å². The maximum atomic E-state index is 12.5. The van der Waals surface area contributed by atoms with Crippen LogP contribution in [0, 0.1) is 0 Å². The van der Waals surface area contributed by atoms with Gasteiger partial charge in [0.25, 0.3) is 0 Å². The molecule has 0 bridgehead atoms. The molecule has 0 aliphatic carbocycles. The molecule has 0 unspecified atom stereocenters. The van der Waals surface area contributed by atoms with Gasteiger partial charge < -0.3 is 20.5 Å². The van der Waals surface area contributed by atoms with Crippen LogP contribution in [0.25, 0.3) is 0 Å². The topological polar surface area (TPSA) is 81.8 Å². The van der Waals surface area contributed by atoms with Crippen LogP contribution in [0.2, 0.25) is 0 Å². The molecule has 0 saturated carbocycles. The van der Waals surface area contributed by atoms with E-state index in [1.54, 1.807) is 18.2 Å². The summed E-state index contributed by atoms with van der Waals surface area (Å²) in [5, 5.41) is 4.06. The highest BCUT2D eigenvalue weighted by atomic mass is 32.1. The Bertz CT molecular complexity index is 776. The predicted molar refractivity (Wildman–Crippen MR) is 88.1 cm³/mol. The lowest BCUT2D eigenvalue weighted by Gasteiger charge is -2.10. The summed E-state index contributed by atoms with van der Waals surface area (Å²) in [6.45, 7) is 1.12. The summed E-state index contributed by atoms with van der Waals surface area (Å²) in [5.41, 5.74) is 5.49. The van der Waals surface area contributed by atoms with Gasteiger partial charge in [-0.25, -0.2) is 9.98 Å². The number of nitrogens with zero attached hydrogens (tertiary/aromatic N) is 2. The van der Waals surface area contributed by atoms with Gasteiger partial charge in [0, 0.05) is 23.6 Å². The Balaban J connectivity index is 1.63. The van der Waals surface area contributed by atoms with Crippen molar-refractivity contribution < 1.29 is 22.6 Å². The molecule has 6 nitrogen and oxygen atoms in total. The minimum Gasteiger partial charge on any atom is -0.490 e. The first-order chi connectivity index (χ1) is 11.9. The van der Waals surface area contributed by atoms with Crippen LogP contribution in [0.3, 0.4) is 0 Å². The number of nitrogens with one attached hydrogen (secondary N) is 1. The summed E-state index contributed by atoms with van der Waals surface area (Å²) in [6, 6.07) is 5.24. The third-order valence-corrected chi connectivity index (χ3v) is 4.08. The highest BCUT2D eigenvalue weighted by Gasteiger charge is 2.33. The van der Waals surface area contributed by atoms with E-state index in [4.69, 9.17) is 15.2 Å². The van der Waals surface area contributed by atoms with Crippen molar-refractivity contribution in [3.8, 4) is 11.5 Å². The minimum absolute atomic E-state index is 0.0376. The number of halogens is 3. The van der Waals surface area contributed by atoms with Gasteiger partial charge in [0.1, 0.15) is 5.01 Å². The number of anilines is 1. The molecule has 134 valence electrons. The summed E-state index contributed by atoms with van der Waals surface area (Å²) in [4.78, 5) is 7.50. The molecule has 1 aliphatic rings. The van der Waals surface area contributed by atoms with E-state index in [1.165, 1.54) is 0 Å². The van der Waals surface area contributed by atoms with Crippen molar-refractivity contribution in [1.82, 2.24) is 4.98 Å². The van der Waals surface area contributed by atoms with Crippen molar-refractivity contribution in [2.24, 2.45) is 10.7 Å². The van der Waals surface area contributed by atoms with Crippen LogP contribution in [0.15, 0.2) is 28.6 Å². The molecule has 3 N–H and O–H groups in total. The van der Waals surface area contributed by atoms with Gasteiger partial charge in [-0.05, 0) is 12.1 Å². The summed E-state index contributed by atoms with van der Waals surface area (Å²) in [7, 11) is 0. The summed E-state index contributed by atoms with van der Waals surface area (Å²) < 4.78 is 48.6. The number of fused-ring (bicyclic) bond motifs is 1. The number of aliphatic imine (C=N–C) groups is 1. The number of aromatic nitrogens is 1. The van der Waals surface area contributed by atoms with E-state index in [-0.39, 0.29) is 17.5 Å². The quantitative estimate of drug-likeness (QED) is 0.638. The number of alkyl halides is 3. The summed E-state index contributed by atoms with van der Waals surface area (Å²) >= 11 is 0.888. The first kappa shape index (κ1) is 17.3. The molecule has 1 aliphatic heterocycles. The molecule has 10 heteroatoms. The third-order valence-electron chi connectivity index (χ3n) is 3.25. The molecule has 0 radical (unpaired) electrons. The van der Waals surface area contributed by atoms with Crippen molar-refractivity contribution in [2.75, 3.05) is 18.5 Å². The van der Waals surface area contributed by atoms with E-state index in [2.05, 4.69) is 15.3 Å². The Kier molecular flexibility index (Phi) is 4.98. The van der Waals surface area contributed by atoms with E-state index in [0.717, 1.165) is 23.1 Å². The molecule has 1 aromatic heterocycles. The Hall–Kier alpha value is -2.49. The van der Waals surface area contributed by atoms with E-state index >= 15 is 0 Å². The van der Waals surface area contributed by atoms with E-state index in [0.29, 0.717) is 30.4 Å². The van der Waals surface area contributed by atoms with Crippen molar-refractivity contribution in [3.63, 3.8) is 0 Å². The van der Waals surface area contributed by atoms with Crippen LogP contribution in [0.1, 0.15) is 17.1 Å². The molecule has 2 heterocycles. The van der Waals surface area contributed by atoms with Crippen molar-refractivity contribution in [2.45, 2.75) is 19.1 Å². The van der Waals surface area contributed by atoms with Gasteiger partial charge in [-0.3, -0.25) is 0 Å². The molecule has 0 atom stereocenters. The van der Waals surface area contributed by atoms with Gasteiger partial charge in [0.2, 0.25) is 0 Å². The fraction of sp³-hybridized carbons (Fsp3) is 0.333. The number of ether oxygens (including phenoxy) is 2. The van der Waals surface area contributed by atoms with Crippen molar-refractivity contribution in [1.29, 1.82) is 0 Å². The van der Waals surface area contributed by atoms with Gasteiger partial charge in [0.05, 0.1) is 19.8 Å². The van der Waals surface area contributed by atoms with Crippen LogP contribution < -0.4 is 20.5 Å². The number of nitrogens with two attached hydrogens (primary N) is 1. The van der Waals surface area contributed by atoms with E-state index < -0.39 is 11.9 Å². The van der Waals surface area contributed by atoms with Crippen LogP contribution in [0.4, 0.5) is 18.9 Å². The molecule has 1 aromatic carbocycles. The Morgan fingerprint density at radius 3 is 2.76 bits per heavy atom. The smallest absolute Gasteiger partial charge is 0.434 e. The Labute approximate surface area is 145 Å². The number of hydrogen-bond donors (Lipinski definition) is 2. The van der Waals surface area contributed by atoms with Gasteiger partial charge in [-0.1, -0.05) is 0 Å². The fourth-order valence-electron chi connectivity index (χ4n) is 2.09. The Morgan fingerprint density at radius 1 is 1.28 bits per heavy atom. The molecule has 25 heavy (non-hydrogen) atoms. The second-order valence-electron chi connectivity index (χ2n) is 5.16. The van der Waals surface area contributed by atoms with Crippen LogP contribution in [-0.4, -0.2) is 24.2 Å². The van der Waals surface area contributed by atoms with Crippen LogP contribution >= 0.6 is 11.3 Å². The fourth-order valence-corrected chi connectivity index (χ4v) is 2.82. The number of rotatable bonds is 3. The minimum atomic E-state index is -4.45. The number of guanidine groups is 1. The Morgan fingerprint density at radius 2 is 2.04 bits per heavy atom. The molecular formula is C15H15F3N4O2S. The zero-order valence-electron chi connectivity index (χ0n) is 13.0. The number of benzene rings is 1. The highest BCUT2D eigenvalue weighted by molar-refractivity contribution is 7.09. The SMILES string of the molecule is NC(=NCc1nc(C(F)(F)F)cs1)Nc1ccc2c(c1)OCCCO2. The molecular weight excluding hydrogens is 357 g/mol. The van der Waals surface area contributed by atoms with E-state index in [9.17, 15) is 13.2 Å².